The van der Waals surface area contributed by atoms with E-state index in [0.717, 1.165) is 36.5 Å². The first-order chi connectivity index (χ1) is 6.27. The molecule has 70 valence electrons. The van der Waals surface area contributed by atoms with E-state index in [0.29, 0.717) is 6.42 Å². The Hall–Kier alpha value is -0.760. The van der Waals surface area contributed by atoms with E-state index in [1.54, 1.807) is 0 Å². The van der Waals surface area contributed by atoms with Gasteiger partial charge in [0.05, 0.1) is 0 Å². The number of allylic oxidation sites excluding steroid dienone is 4. The predicted molar refractivity (Wildman–Crippen MR) is 52.2 cm³/mol. The van der Waals surface area contributed by atoms with Gasteiger partial charge in [0.1, 0.15) is 0 Å². The molecule has 0 unspecified atom stereocenters. The Labute approximate surface area is 82.9 Å². The zero-order chi connectivity index (χ0) is 9.26. The smallest absolute Gasteiger partial charge is 0.226 e. The third-order valence-corrected chi connectivity index (χ3v) is 2.81. The highest BCUT2D eigenvalue weighted by atomic mass is 35.5. The van der Waals surface area contributed by atoms with Crippen molar-refractivity contribution in [3.8, 4) is 0 Å². The van der Waals surface area contributed by atoms with Gasteiger partial charge in [-0.2, -0.15) is 0 Å². The Morgan fingerprint density at radius 2 is 2.08 bits per heavy atom. The summed E-state index contributed by atoms with van der Waals surface area (Å²) < 4.78 is 0. The molecular weight excluding hydrogens is 186 g/mol. The predicted octanol–water partition coefficient (Wildman–Crippen LogP) is 2.41. The van der Waals surface area contributed by atoms with Crippen molar-refractivity contribution in [3.63, 3.8) is 0 Å². The maximum Gasteiger partial charge on any atom is 0.226 e. The summed E-state index contributed by atoms with van der Waals surface area (Å²) in [6.45, 7) is 0.885. The van der Waals surface area contributed by atoms with E-state index in [1.807, 2.05) is 17.1 Å². The van der Waals surface area contributed by atoms with Crippen LogP contribution in [0, 0.1) is 0 Å². The molecule has 0 aromatic carbocycles. The lowest BCUT2D eigenvalue weighted by Gasteiger charge is -2.21. The number of nitrogens with zero attached hydrogens (tertiary/aromatic N) is 1. The molecule has 13 heavy (non-hydrogen) atoms. The minimum Gasteiger partial charge on any atom is -0.316 e. The fourth-order valence-corrected chi connectivity index (χ4v) is 1.94. The molecule has 0 aromatic heterocycles. The lowest BCUT2D eigenvalue weighted by molar-refractivity contribution is -0.126. The van der Waals surface area contributed by atoms with Gasteiger partial charge in [0.2, 0.25) is 5.91 Å². The summed E-state index contributed by atoms with van der Waals surface area (Å²) in [7, 11) is 0. The van der Waals surface area contributed by atoms with Gasteiger partial charge in [-0.25, -0.2) is 0 Å². The molecule has 0 radical (unpaired) electrons. The van der Waals surface area contributed by atoms with Crippen LogP contribution < -0.4 is 0 Å². The molecule has 0 aromatic rings. The molecule has 1 amide bonds. The van der Waals surface area contributed by atoms with E-state index in [-0.39, 0.29) is 5.91 Å². The summed E-state index contributed by atoms with van der Waals surface area (Å²) in [4.78, 5) is 13.3. The first-order valence-electron chi connectivity index (χ1n) is 4.63. The lowest BCUT2D eigenvalue weighted by atomic mass is 10.1. The van der Waals surface area contributed by atoms with Crippen molar-refractivity contribution < 1.29 is 4.79 Å². The standard InChI is InChI=1S/C10H12ClNO/c11-8-3-5-9(6-4-8)12-7-1-2-10(12)13/h3,5H,1-2,4,6-7H2. The molecule has 1 aliphatic carbocycles. The molecule has 0 saturated carbocycles. The van der Waals surface area contributed by atoms with Crippen molar-refractivity contribution in [2.75, 3.05) is 6.54 Å². The van der Waals surface area contributed by atoms with Gasteiger partial charge in [-0.1, -0.05) is 11.6 Å². The normalized spacial score (nSPS) is 23.2. The van der Waals surface area contributed by atoms with Gasteiger partial charge < -0.3 is 4.90 Å². The highest BCUT2D eigenvalue weighted by Crippen LogP contribution is 2.26. The molecule has 1 saturated heterocycles. The molecule has 0 bridgehead atoms. The van der Waals surface area contributed by atoms with Crippen LogP contribution in [-0.4, -0.2) is 17.4 Å². The van der Waals surface area contributed by atoms with Crippen molar-refractivity contribution in [3.05, 3.63) is 22.9 Å². The van der Waals surface area contributed by atoms with E-state index in [1.165, 1.54) is 0 Å². The summed E-state index contributed by atoms with van der Waals surface area (Å²) in [5.41, 5.74) is 1.13. The molecule has 1 aliphatic heterocycles. The molecule has 0 N–H and O–H groups in total. The van der Waals surface area contributed by atoms with Crippen molar-refractivity contribution in [1.82, 2.24) is 4.90 Å². The molecule has 2 aliphatic rings. The molecule has 0 atom stereocenters. The largest absolute Gasteiger partial charge is 0.316 e. The number of hydrogen-bond acceptors (Lipinski definition) is 1. The average molecular weight is 198 g/mol. The van der Waals surface area contributed by atoms with Crippen LogP contribution in [-0.2, 0) is 4.79 Å². The van der Waals surface area contributed by atoms with E-state index >= 15 is 0 Å². The van der Waals surface area contributed by atoms with Gasteiger partial charge in [-0.3, -0.25) is 4.79 Å². The summed E-state index contributed by atoms with van der Waals surface area (Å²) >= 11 is 5.84. The van der Waals surface area contributed by atoms with Crippen LogP contribution in [0.25, 0.3) is 0 Å². The van der Waals surface area contributed by atoms with Crippen molar-refractivity contribution in [1.29, 1.82) is 0 Å². The fourth-order valence-electron chi connectivity index (χ4n) is 1.78. The van der Waals surface area contributed by atoms with Crippen LogP contribution in [0.15, 0.2) is 22.9 Å². The van der Waals surface area contributed by atoms with Crippen molar-refractivity contribution >= 4 is 17.5 Å². The maximum atomic E-state index is 11.4. The second-order valence-electron chi connectivity index (χ2n) is 3.42. The SMILES string of the molecule is O=C1CCCN1C1=CC=C(Cl)CC1. The quantitative estimate of drug-likeness (QED) is 0.632. The van der Waals surface area contributed by atoms with Crippen LogP contribution in [0.3, 0.4) is 0 Å². The lowest BCUT2D eigenvalue weighted by Crippen LogP contribution is -2.24. The number of halogens is 1. The zero-order valence-corrected chi connectivity index (χ0v) is 8.18. The topological polar surface area (TPSA) is 20.3 Å². The second kappa shape index (κ2) is 3.54. The van der Waals surface area contributed by atoms with Crippen LogP contribution >= 0.6 is 11.6 Å². The number of carbonyl (C=O) groups is 1. The molecule has 1 heterocycles. The van der Waals surface area contributed by atoms with E-state index in [4.69, 9.17) is 11.6 Å². The first kappa shape index (κ1) is 8.82. The van der Waals surface area contributed by atoms with Crippen LogP contribution in [0.2, 0.25) is 0 Å². The van der Waals surface area contributed by atoms with Crippen molar-refractivity contribution in [2.24, 2.45) is 0 Å². The van der Waals surface area contributed by atoms with E-state index in [2.05, 4.69) is 0 Å². The Kier molecular flexibility index (Phi) is 2.40. The molecule has 1 fully saturated rings. The Morgan fingerprint density at radius 1 is 1.23 bits per heavy atom. The Bertz CT molecular complexity index is 293. The molecule has 2 rings (SSSR count). The fraction of sp³-hybridized carbons (Fsp3) is 0.500. The monoisotopic (exact) mass is 197 g/mol. The minimum absolute atomic E-state index is 0.262. The Balaban J connectivity index is 2.13. The second-order valence-corrected chi connectivity index (χ2v) is 3.91. The molecule has 3 heteroatoms. The molecule has 2 nitrogen and oxygen atoms in total. The highest BCUT2D eigenvalue weighted by molar-refractivity contribution is 6.29. The number of likely N-dealkylation sites (tertiary alicyclic amines) is 1. The first-order valence-corrected chi connectivity index (χ1v) is 5.01. The third-order valence-electron chi connectivity index (χ3n) is 2.50. The number of hydrogen-bond donors (Lipinski definition) is 0. The van der Waals surface area contributed by atoms with Gasteiger partial charge in [0, 0.05) is 23.7 Å². The zero-order valence-electron chi connectivity index (χ0n) is 7.42. The van der Waals surface area contributed by atoms with Gasteiger partial charge in [-0.15, -0.1) is 0 Å². The number of amides is 1. The van der Waals surface area contributed by atoms with E-state index < -0.39 is 0 Å². The van der Waals surface area contributed by atoms with Crippen LogP contribution in [0.1, 0.15) is 25.7 Å². The van der Waals surface area contributed by atoms with Gasteiger partial charge in [0.25, 0.3) is 0 Å². The molecule has 0 spiro atoms. The molecular formula is C10H12ClNO. The Morgan fingerprint density at radius 3 is 2.62 bits per heavy atom. The van der Waals surface area contributed by atoms with Gasteiger partial charge in [0.15, 0.2) is 0 Å². The van der Waals surface area contributed by atoms with Crippen molar-refractivity contribution in [2.45, 2.75) is 25.7 Å². The highest BCUT2D eigenvalue weighted by Gasteiger charge is 2.23. The maximum absolute atomic E-state index is 11.4. The van der Waals surface area contributed by atoms with Crippen LogP contribution in [0.4, 0.5) is 0 Å². The van der Waals surface area contributed by atoms with Gasteiger partial charge >= 0.3 is 0 Å². The average Bonchev–Trinajstić information content (AvgIpc) is 2.53. The summed E-state index contributed by atoms with van der Waals surface area (Å²) in [6, 6.07) is 0. The number of carbonyl (C=O) groups excluding carboxylic acids is 1. The van der Waals surface area contributed by atoms with Crippen LogP contribution in [0.5, 0.6) is 0 Å². The summed E-state index contributed by atoms with van der Waals surface area (Å²) in [5.74, 6) is 0.262. The van der Waals surface area contributed by atoms with E-state index in [9.17, 15) is 4.79 Å². The minimum atomic E-state index is 0.262. The van der Waals surface area contributed by atoms with Gasteiger partial charge in [-0.05, 0) is 31.4 Å². The number of rotatable bonds is 1. The summed E-state index contributed by atoms with van der Waals surface area (Å²) in [6.07, 6.45) is 7.34. The summed E-state index contributed by atoms with van der Waals surface area (Å²) in [5, 5.41) is 0.885. The third kappa shape index (κ3) is 1.78.